The van der Waals surface area contributed by atoms with Crippen molar-refractivity contribution in [2.45, 2.75) is 26.8 Å². The molecule has 0 aliphatic carbocycles. The van der Waals surface area contributed by atoms with Crippen molar-refractivity contribution in [3.05, 3.63) is 64.4 Å². The molecular formula is C20H19FN8OS. The second kappa shape index (κ2) is 8.56. The molecule has 0 aliphatic heterocycles. The van der Waals surface area contributed by atoms with Crippen LogP contribution in [-0.4, -0.2) is 40.9 Å². The third kappa shape index (κ3) is 4.40. The molecule has 4 rings (SSSR count). The molecule has 0 fully saturated rings. The van der Waals surface area contributed by atoms with Crippen molar-refractivity contribution in [3.8, 4) is 17.1 Å². The van der Waals surface area contributed by atoms with Crippen LogP contribution < -0.4 is 5.32 Å². The molecule has 0 spiro atoms. The molecule has 2 aromatic carbocycles. The maximum atomic E-state index is 14.3. The van der Waals surface area contributed by atoms with Gasteiger partial charge in [-0.05, 0) is 54.7 Å². The van der Waals surface area contributed by atoms with Gasteiger partial charge >= 0.3 is 0 Å². The number of tetrazole rings is 1. The van der Waals surface area contributed by atoms with Gasteiger partial charge in [-0.1, -0.05) is 29.8 Å². The van der Waals surface area contributed by atoms with Gasteiger partial charge in [0.2, 0.25) is 5.91 Å². The summed E-state index contributed by atoms with van der Waals surface area (Å²) in [6.45, 7) is 4.01. The van der Waals surface area contributed by atoms with Crippen molar-refractivity contribution in [2.24, 2.45) is 0 Å². The average molecular weight is 438 g/mol. The van der Waals surface area contributed by atoms with E-state index in [4.69, 9.17) is 12.2 Å². The molecule has 0 unspecified atom stereocenters. The van der Waals surface area contributed by atoms with E-state index in [1.54, 1.807) is 11.5 Å². The van der Waals surface area contributed by atoms with Gasteiger partial charge in [-0.3, -0.25) is 14.5 Å². The highest BCUT2D eigenvalue weighted by Gasteiger charge is 2.13. The van der Waals surface area contributed by atoms with Crippen molar-refractivity contribution in [3.63, 3.8) is 0 Å². The molecule has 0 bridgehead atoms. The van der Waals surface area contributed by atoms with Gasteiger partial charge in [0.05, 0.1) is 11.4 Å². The van der Waals surface area contributed by atoms with Gasteiger partial charge < -0.3 is 5.32 Å². The van der Waals surface area contributed by atoms with Crippen LogP contribution in [0.5, 0.6) is 0 Å². The molecular weight excluding hydrogens is 419 g/mol. The molecule has 2 heterocycles. The van der Waals surface area contributed by atoms with Gasteiger partial charge in [-0.25, -0.2) is 4.39 Å². The van der Waals surface area contributed by atoms with Gasteiger partial charge in [-0.2, -0.15) is 9.78 Å². The lowest BCUT2D eigenvalue weighted by Crippen LogP contribution is -2.16. The number of aromatic amines is 1. The van der Waals surface area contributed by atoms with Gasteiger partial charge in [0.1, 0.15) is 5.82 Å². The molecule has 11 heteroatoms. The number of nitrogens with one attached hydrogen (secondary N) is 2. The predicted octanol–water partition coefficient (Wildman–Crippen LogP) is 3.37. The molecule has 0 radical (unpaired) electrons. The summed E-state index contributed by atoms with van der Waals surface area (Å²) in [4.78, 5) is 12.5. The van der Waals surface area contributed by atoms with Crippen LogP contribution in [0.1, 0.15) is 17.8 Å². The van der Waals surface area contributed by atoms with Crippen LogP contribution in [0.15, 0.2) is 42.5 Å². The Morgan fingerprint density at radius 3 is 2.68 bits per heavy atom. The molecule has 1 amide bonds. The Morgan fingerprint density at radius 1 is 1.19 bits per heavy atom. The summed E-state index contributed by atoms with van der Waals surface area (Å²) in [7, 11) is 0. The summed E-state index contributed by atoms with van der Waals surface area (Å²) >= 11 is 5.31. The van der Waals surface area contributed by atoms with Gasteiger partial charge in [0.25, 0.3) is 0 Å². The molecule has 2 aromatic heterocycles. The van der Waals surface area contributed by atoms with Gasteiger partial charge in [0.15, 0.2) is 16.4 Å². The van der Waals surface area contributed by atoms with Gasteiger partial charge in [-0.15, -0.1) is 5.10 Å². The lowest BCUT2D eigenvalue weighted by molar-refractivity contribution is -0.116. The maximum absolute atomic E-state index is 14.3. The molecule has 0 aliphatic rings. The SMILES string of the molecule is Cc1ccc(-c2n[nH]c(=S)n2CCC(=O)Nc2cc(-n3nnnc3C)ccc2F)cc1. The number of hydrogen-bond donors (Lipinski definition) is 2. The van der Waals surface area contributed by atoms with E-state index in [0.717, 1.165) is 11.1 Å². The number of aryl methyl sites for hydroxylation is 2. The van der Waals surface area contributed by atoms with E-state index in [2.05, 4.69) is 31.0 Å². The summed E-state index contributed by atoms with van der Waals surface area (Å²) in [6, 6.07) is 12.1. The molecule has 158 valence electrons. The smallest absolute Gasteiger partial charge is 0.226 e. The number of amides is 1. The molecule has 0 saturated heterocycles. The summed E-state index contributed by atoms with van der Waals surface area (Å²) < 4.78 is 17.9. The first-order chi connectivity index (χ1) is 14.9. The number of H-pyrrole nitrogens is 1. The number of hydrogen-bond acceptors (Lipinski definition) is 6. The fraction of sp³-hybridized carbons (Fsp3) is 0.200. The largest absolute Gasteiger partial charge is 0.323 e. The summed E-state index contributed by atoms with van der Waals surface area (Å²) in [5.74, 6) is 0.271. The predicted molar refractivity (Wildman–Crippen MR) is 115 cm³/mol. The zero-order chi connectivity index (χ0) is 22.0. The monoisotopic (exact) mass is 438 g/mol. The number of carbonyl (C=O) groups excluding carboxylic acids is 1. The molecule has 31 heavy (non-hydrogen) atoms. The van der Waals surface area contributed by atoms with Crippen molar-refractivity contribution >= 4 is 23.8 Å². The zero-order valence-electron chi connectivity index (χ0n) is 16.8. The topological polar surface area (TPSA) is 106 Å². The van der Waals surface area contributed by atoms with E-state index < -0.39 is 5.82 Å². The second-order valence-electron chi connectivity index (χ2n) is 6.97. The first-order valence-electron chi connectivity index (χ1n) is 9.49. The third-order valence-electron chi connectivity index (χ3n) is 4.72. The van der Waals surface area contributed by atoms with E-state index >= 15 is 0 Å². The Bertz CT molecular complexity index is 1290. The number of nitrogens with zero attached hydrogens (tertiary/aromatic N) is 6. The summed E-state index contributed by atoms with van der Waals surface area (Å²) in [5.41, 5.74) is 2.60. The Morgan fingerprint density at radius 2 is 1.97 bits per heavy atom. The lowest BCUT2D eigenvalue weighted by Gasteiger charge is -2.10. The molecule has 0 atom stereocenters. The van der Waals surface area contributed by atoms with E-state index in [-0.39, 0.29) is 24.6 Å². The van der Waals surface area contributed by atoms with Crippen LogP contribution in [0.3, 0.4) is 0 Å². The van der Waals surface area contributed by atoms with Crippen LogP contribution in [0, 0.1) is 24.4 Å². The normalized spacial score (nSPS) is 10.9. The fourth-order valence-corrected chi connectivity index (χ4v) is 3.31. The van der Waals surface area contributed by atoms with Crippen LogP contribution in [0.4, 0.5) is 10.1 Å². The Labute approximate surface area is 181 Å². The number of carbonyl (C=O) groups is 1. The number of rotatable bonds is 6. The minimum atomic E-state index is -0.553. The maximum Gasteiger partial charge on any atom is 0.226 e. The minimum absolute atomic E-state index is 0.0481. The van der Waals surface area contributed by atoms with Crippen LogP contribution >= 0.6 is 12.2 Å². The highest BCUT2D eigenvalue weighted by molar-refractivity contribution is 7.71. The Hall–Kier alpha value is -3.73. The Kier molecular flexibility index (Phi) is 5.67. The summed E-state index contributed by atoms with van der Waals surface area (Å²) in [6.07, 6.45) is 0.0836. The first kappa shape index (κ1) is 20.5. The highest BCUT2D eigenvalue weighted by atomic mass is 32.1. The average Bonchev–Trinajstić information content (AvgIpc) is 3.34. The van der Waals surface area contributed by atoms with Crippen LogP contribution in [-0.2, 0) is 11.3 Å². The highest BCUT2D eigenvalue weighted by Crippen LogP contribution is 2.21. The number of benzene rings is 2. The lowest BCUT2D eigenvalue weighted by atomic mass is 10.1. The van der Waals surface area contributed by atoms with Crippen LogP contribution in [0.2, 0.25) is 0 Å². The second-order valence-corrected chi connectivity index (χ2v) is 7.36. The van der Waals surface area contributed by atoms with Gasteiger partial charge in [0, 0.05) is 18.5 Å². The number of anilines is 1. The first-order valence-corrected chi connectivity index (χ1v) is 9.90. The number of halogens is 1. The van der Waals surface area contributed by atoms with Crippen molar-refractivity contribution < 1.29 is 9.18 Å². The summed E-state index contributed by atoms with van der Waals surface area (Å²) in [5, 5.41) is 20.9. The molecule has 9 nitrogen and oxygen atoms in total. The molecule has 0 saturated carbocycles. The molecule has 4 aromatic rings. The van der Waals surface area contributed by atoms with Crippen LogP contribution in [0.25, 0.3) is 17.1 Å². The number of aromatic nitrogens is 7. The van der Waals surface area contributed by atoms with Crippen molar-refractivity contribution in [2.75, 3.05) is 5.32 Å². The fourth-order valence-electron chi connectivity index (χ4n) is 3.09. The van der Waals surface area contributed by atoms with E-state index in [0.29, 0.717) is 22.1 Å². The van der Waals surface area contributed by atoms with Crippen molar-refractivity contribution in [1.82, 2.24) is 35.0 Å². The Balaban J connectivity index is 1.49. The van der Waals surface area contributed by atoms with E-state index in [9.17, 15) is 9.18 Å². The van der Waals surface area contributed by atoms with E-state index in [1.165, 1.54) is 22.9 Å². The zero-order valence-corrected chi connectivity index (χ0v) is 17.6. The molecule has 2 N–H and O–H groups in total. The quantitative estimate of drug-likeness (QED) is 0.447. The van der Waals surface area contributed by atoms with E-state index in [1.807, 2.05) is 31.2 Å². The standard InChI is InChI=1S/C20H19FN8OS/c1-12-3-5-14(6-4-12)19-24-25-20(31)28(19)10-9-18(30)22-17-11-15(7-8-16(17)21)29-13(2)23-26-27-29/h3-8,11H,9-10H2,1-2H3,(H,22,30)(H,25,31). The van der Waals surface area contributed by atoms with Crippen molar-refractivity contribution in [1.29, 1.82) is 0 Å². The third-order valence-corrected chi connectivity index (χ3v) is 5.04. The minimum Gasteiger partial charge on any atom is -0.323 e.